The fraction of sp³-hybridized carbons (Fsp3) is 0. The first kappa shape index (κ1) is 38.4. The van der Waals surface area contributed by atoms with Crippen molar-refractivity contribution in [3.8, 4) is 50.2 Å². The summed E-state index contributed by atoms with van der Waals surface area (Å²) in [6.45, 7) is 0. The molecule has 0 aliphatic rings. The molecule has 0 radical (unpaired) electrons. The number of benzene rings is 8. The van der Waals surface area contributed by atoms with Crippen LogP contribution in [0.4, 0.5) is 0 Å². The quantitative estimate of drug-likeness (QED) is 0.166. The van der Waals surface area contributed by atoms with E-state index in [0.717, 1.165) is 8.95 Å². The van der Waals surface area contributed by atoms with Crippen LogP contribution in [-0.4, -0.2) is 9.55 Å². The summed E-state index contributed by atoms with van der Waals surface area (Å²) in [6.07, 6.45) is 4.12. The second-order valence-corrected chi connectivity index (χ2v) is 16.6. The van der Waals surface area contributed by atoms with E-state index < -0.39 is 0 Å². The molecule has 0 aliphatic heterocycles. The molecule has 0 spiro atoms. The van der Waals surface area contributed by atoms with Crippen molar-refractivity contribution in [1.82, 2.24) is 9.55 Å². The van der Waals surface area contributed by atoms with Crippen LogP contribution in [0.25, 0.3) is 72.0 Å². The van der Waals surface area contributed by atoms with Crippen molar-refractivity contribution in [3.05, 3.63) is 231 Å². The average molecular weight is 977 g/mol. The monoisotopic (exact) mass is 974 g/mol. The Kier molecular flexibility index (Phi) is 12.3. The molecule has 0 fully saturated rings. The Balaban J connectivity index is 0.000000132. The lowest BCUT2D eigenvalue weighted by Gasteiger charge is -2.09. The van der Waals surface area contributed by atoms with E-state index in [0.29, 0.717) is 0 Å². The van der Waals surface area contributed by atoms with Gasteiger partial charge in [0.05, 0.1) is 5.52 Å². The number of aromatic nitrogens is 2. The summed E-state index contributed by atoms with van der Waals surface area (Å²) in [7, 11) is 0. The van der Waals surface area contributed by atoms with Gasteiger partial charge < -0.3 is 9.55 Å². The zero-order chi connectivity index (χ0) is 39.0. The van der Waals surface area contributed by atoms with E-state index in [9.17, 15) is 0 Å². The lowest BCUT2D eigenvalue weighted by atomic mass is 10.0. The van der Waals surface area contributed by atoms with Crippen LogP contribution in [0.5, 0.6) is 0 Å². The third kappa shape index (κ3) is 9.57. The van der Waals surface area contributed by atoms with Crippen LogP contribution in [-0.2, 0) is 0 Å². The summed E-state index contributed by atoms with van der Waals surface area (Å²) in [5.41, 5.74) is 13.6. The van der Waals surface area contributed by atoms with Gasteiger partial charge in [-0.1, -0.05) is 153 Å². The minimum Gasteiger partial charge on any atom is -0.361 e. The molecular formula is C52H37Br2IN2. The number of fused-ring (bicyclic) bond motifs is 2. The molecule has 0 saturated heterocycles. The van der Waals surface area contributed by atoms with Crippen LogP contribution in [0.3, 0.4) is 0 Å². The Hall–Kier alpha value is -5.47. The Morgan fingerprint density at radius 2 is 0.825 bits per heavy atom. The van der Waals surface area contributed by atoms with E-state index in [1.54, 1.807) is 0 Å². The summed E-state index contributed by atoms with van der Waals surface area (Å²) in [6, 6.07) is 72.4. The fourth-order valence-electron chi connectivity index (χ4n) is 6.78. The Bertz CT molecular complexity index is 2780. The van der Waals surface area contributed by atoms with Gasteiger partial charge in [-0.25, -0.2) is 0 Å². The highest BCUT2D eigenvalue weighted by Crippen LogP contribution is 2.29. The second kappa shape index (κ2) is 18.2. The SMILES string of the molecule is Brc1ccc(-c2ccc(-n3ccc4cc(-c5ccccc5)ccc43)cc2)cc1.Brc1ccc(-c2ccc(I)cc2)cc1.c1ccc(-c2ccc3[nH]ccc3c2)cc1. The highest BCUT2D eigenvalue weighted by molar-refractivity contribution is 14.1. The van der Waals surface area contributed by atoms with Crippen molar-refractivity contribution in [1.29, 1.82) is 0 Å². The molecule has 0 bridgehead atoms. The lowest BCUT2D eigenvalue weighted by molar-refractivity contribution is 1.13. The summed E-state index contributed by atoms with van der Waals surface area (Å²) in [5.74, 6) is 0. The molecule has 1 N–H and O–H groups in total. The predicted octanol–water partition coefficient (Wildman–Crippen LogP) is 16.3. The molecule has 276 valence electrons. The van der Waals surface area contributed by atoms with Crippen LogP contribution < -0.4 is 0 Å². The van der Waals surface area contributed by atoms with E-state index in [1.165, 1.54) is 75.6 Å². The normalized spacial score (nSPS) is 10.7. The molecular weight excluding hydrogens is 939 g/mol. The number of hydrogen-bond acceptors (Lipinski definition) is 0. The van der Waals surface area contributed by atoms with Crippen molar-refractivity contribution in [3.63, 3.8) is 0 Å². The second-order valence-electron chi connectivity index (χ2n) is 13.5. The summed E-state index contributed by atoms with van der Waals surface area (Å²) in [5, 5.41) is 2.51. The van der Waals surface area contributed by atoms with Crippen molar-refractivity contribution >= 4 is 76.3 Å². The van der Waals surface area contributed by atoms with E-state index in [1.807, 2.05) is 12.3 Å². The zero-order valence-corrected chi connectivity index (χ0v) is 36.2. The van der Waals surface area contributed by atoms with Crippen LogP contribution in [0.15, 0.2) is 228 Å². The smallest absolute Gasteiger partial charge is 0.0528 e. The number of halogens is 3. The third-order valence-electron chi connectivity index (χ3n) is 9.80. The van der Waals surface area contributed by atoms with E-state index in [2.05, 4.69) is 270 Å². The Morgan fingerprint density at radius 3 is 1.37 bits per heavy atom. The van der Waals surface area contributed by atoms with Crippen LogP contribution in [0, 0.1) is 3.57 Å². The highest BCUT2D eigenvalue weighted by Gasteiger charge is 2.07. The number of hydrogen-bond donors (Lipinski definition) is 1. The average Bonchev–Trinajstić information content (AvgIpc) is 3.93. The van der Waals surface area contributed by atoms with E-state index in [-0.39, 0.29) is 0 Å². The van der Waals surface area contributed by atoms with Crippen LogP contribution in [0.1, 0.15) is 0 Å². The van der Waals surface area contributed by atoms with Gasteiger partial charge in [0.15, 0.2) is 0 Å². The molecule has 8 aromatic carbocycles. The van der Waals surface area contributed by atoms with Crippen molar-refractivity contribution < 1.29 is 0 Å². The number of aromatic amines is 1. The minimum absolute atomic E-state index is 1.10. The van der Waals surface area contributed by atoms with Gasteiger partial charge in [-0.05, 0) is 157 Å². The minimum atomic E-state index is 1.10. The predicted molar refractivity (Wildman–Crippen MR) is 258 cm³/mol. The highest BCUT2D eigenvalue weighted by atomic mass is 127. The molecule has 10 rings (SSSR count). The van der Waals surface area contributed by atoms with Gasteiger partial charge in [-0.15, -0.1) is 0 Å². The maximum atomic E-state index is 3.50. The first-order chi connectivity index (χ1) is 28.0. The maximum absolute atomic E-state index is 3.50. The first-order valence-electron chi connectivity index (χ1n) is 18.6. The Labute approximate surface area is 364 Å². The summed E-state index contributed by atoms with van der Waals surface area (Å²) in [4.78, 5) is 3.20. The van der Waals surface area contributed by atoms with E-state index >= 15 is 0 Å². The van der Waals surface area contributed by atoms with Crippen molar-refractivity contribution in [2.45, 2.75) is 0 Å². The van der Waals surface area contributed by atoms with Gasteiger partial charge in [0.2, 0.25) is 0 Å². The number of nitrogens with zero attached hydrogens (tertiary/aromatic N) is 1. The summed E-state index contributed by atoms with van der Waals surface area (Å²) < 4.78 is 5.73. The largest absolute Gasteiger partial charge is 0.361 e. The third-order valence-corrected chi connectivity index (χ3v) is 11.6. The molecule has 10 aromatic rings. The zero-order valence-electron chi connectivity index (χ0n) is 30.9. The van der Waals surface area contributed by atoms with Gasteiger partial charge in [-0.2, -0.15) is 0 Å². The Morgan fingerprint density at radius 1 is 0.386 bits per heavy atom. The van der Waals surface area contributed by atoms with E-state index in [4.69, 9.17) is 0 Å². The molecule has 0 amide bonds. The van der Waals surface area contributed by atoms with Gasteiger partial charge in [0, 0.05) is 41.5 Å². The van der Waals surface area contributed by atoms with Gasteiger partial charge in [-0.3, -0.25) is 0 Å². The molecule has 2 aromatic heterocycles. The molecule has 0 unspecified atom stereocenters. The van der Waals surface area contributed by atoms with Gasteiger partial charge in [0.1, 0.15) is 0 Å². The standard InChI is InChI=1S/C26H18BrN.C14H11N.C12H8BrI/c27-24-11-6-20(7-12-24)21-8-13-25(14-9-21)28-17-16-23-18-22(10-15-26(23)28)19-4-2-1-3-5-19;1-2-4-11(5-3-1)12-6-7-14-13(10-12)8-9-15-14;13-11-5-1-9(2-6-11)10-3-7-12(14)8-4-10/h1-18H;1-10,15H;1-8H. The molecule has 0 aliphatic carbocycles. The first-order valence-corrected chi connectivity index (χ1v) is 21.3. The van der Waals surface area contributed by atoms with Crippen LogP contribution in [0.2, 0.25) is 0 Å². The number of rotatable bonds is 5. The number of H-pyrrole nitrogens is 1. The fourth-order valence-corrected chi connectivity index (χ4v) is 7.67. The topological polar surface area (TPSA) is 20.7 Å². The number of nitrogens with one attached hydrogen (secondary N) is 1. The molecule has 0 saturated carbocycles. The maximum Gasteiger partial charge on any atom is 0.0528 e. The lowest BCUT2D eigenvalue weighted by Crippen LogP contribution is -1.91. The van der Waals surface area contributed by atoms with Crippen molar-refractivity contribution in [2.75, 3.05) is 0 Å². The molecule has 2 nitrogen and oxygen atoms in total. The molecule has 2 heterocycles. The van der Waals surface area contributed by atoms with Crippen LogP contribution >= 0.6 is 54.5 Å². The molecule has 57 heavy (non-hydrogen) atoms. The summed E-state index contributed by atoms with van der Waals surface area (Å²) >= 11 is 9.24. The van der Waals surface area contributed by atoms with Gasteiger partial charge >= 0.3 is 0 Å². The molecule has 5 heteroatoms. The van der Waals surface area contributed by atoms with Gasteiger partial charge in [0.25, 0.3) is 0 Å². The van der Waals surface area contributed by atoms with Crippen molar-refractivity contribution in [2.24, 2.45) is 0 Å². The molecule has 0 atom stereocenters.